The first-order valence-electron chi connectivity index (χ1n) is 7.61. The number of nitrogens with one attached hydrogen (secondary N) is 1. The van der Waals surface area contributed by atoms with Gasteiger partial charge in [-0.25, -0.2) is 4.39 Å². The van der Waals surface area contributed by atoms with Crippen molar-refractivity contribution in [2.45, 2.75) is 13.0 Å². The number of hydrogen-bond donors (Lipinski definition) is 1. The van der Waals surface area contributed by atoms with Crippen molar-refractivity contribution in [1.29, 1.82) is 0 Å². The number of amides is 1. The fourth-order valence-corrected chi connectivity index (χ4v) is 2.22. The number of halogens is 2. The van der Waals surface area contributed by atoms with Crippen molar-refractivity contribution >= 4 is 23.2 Å². The summed E-state index contributed by atoms with van der Waals surface area (Å²) in [6, 6.07) is 12.5. The van der Waals surface area contributed by atoms with Crippen molar-refractivity contribution in [1.82, 2.24) is 4.90 Å². The van der Waals surface area contributed by atoms with E-state index in [0.717, 1.165) is 0 Å². The second-order valence-corrected chi connectivity index (χ2v) is 5.89. The summed E-state index contributed by atoms with van der Waals surface area (Å²) in [6.45, 7) is 2.81. The molecule has 0 aliphatic heterocycles. The zero-order chi connectivity index (χ0) is 17.5. The first kappa shape index (κ1) is 18.2. The summed E-state index contributed by atoms with van der Waals surface area (Å²) in [5.74, 6) is 0.197. The van der Waals surface area contributed by atoms with E-state index in [4.69, 9.17) is 16.3 Å². The molecule has 2 rings (SSSR count). The molecule has 0 aliphatic carbocycles. The summed E-state index contributed by atoms with van der Waals surface area (Å²) >= 11 is 5.90. The molecule has 2 aromatic rings. The summed E-state index contributed by atoms with van der Waals surface area (Å²) in [4.78, 5) is 14.1. The third kappa shape index (κ3) is 5.51. The van der Waals surface area contributed by atoms with E-state index in [1.165, 1.54) is 24.3 Å². The van der Waals surface area contributed by atoms with Crippen molar-refractivity contribution in [3.05, 3.63) is 59.4 Å². The van der Waals surface area contributed by atoms with Crippen LogP contribution < -0.4 is 10.1 Å². The zero-order valence-corrected chi connectivity index (χ0v) is 14.4. The van der Waals surface area contributed by atoms with Gasteiger partial charge in [-0.2, -0.15) is 0 Å². The number of hydrogen-bond acceptors (Lipinski definition) is 3. The highest BCUT2D eigenvalue weighted by molar-refractivity contribution is 6.30. The average Bonchev–Trinajstić information content (AvgIpc) is 2.56. The standard InChI is InChI=1S/C18H20ClFN2O2/c1-13(18(23)21-16-8-6-15(20)7-9-16)22(2)10-11-24-17-5-3-4-14(19)12-17/h3-9,12-13H,10-11H2,1-2H3,(H,21,23). The van der Waals surface area contributed by atoms with Gasteiger partial charge in [0.1, 0.15) is 18.2 Å². The van der Waals surface area contributed by atoms with Gasteiger partial charge in [-0.1, -0.05) is 17.7 Å². The third-order valence-electron chi connectivity index (χ3n) is 3.66. The Hall–Kier alpha value is -2.11. The lowest BCUT2D eigenvalue weighted by atomic mass is 10.2. The predicted octanol–water partition coefficient (Wildman–Crippen LogP) is 3.82. The van der Waals surface area contributed by atoms with Crippen molar-refractivity contribution in [2.75, 3.05) is 25.5 Å². The molecule has 4 nitrogen and oxygen atoms in total. The van der Waals surface area contributed by atoms with E-state index in [9.17, 15) is 9.18 Å². The van der Waals surface area contributed by atoms with Crippen molar-refractivity contribution < 1.29 is 13.9 Å². The zero-order valence-electron chi connectivity index (χ0n) is 13.6. The van der Waals surface area contributed by atoms with Gasteiger partial charge in [-0.05, 0) is 56.4 Å². The molecule has 6 heteroatoms. The molecule has 128 valence electrons. The summed E-state index contributed by atoms with van der Waals surface area (Å²) in [7, 11) is 1.84. The minimum atomic E-state index is -0.349. The third-order valence-corrected chi connectivity index (χ3v) is 3.90. The molecule has 0 heterocycles. The van der Waals surface area contributed by atoms with Crippen LogP contribution in [0.2, 0.25) is 5.02 Å². The molecular weight excluding hydrogens is 331 g/mol. The van der Waals surface area contributed by atoms with E-state index in [0.29, 0.717) is 29.6 Å². The molecule has 0 spiro atoms. The maximum Gasteiger partial charge on any atom is 0.241 e. The van der Waals surface area contributed by atoms with Crippen LogP contribution in [0.5, 0.6) is 5.75 Å². The number of ether oxygens (including phenoxy) is 1. The molecule has 0 fully saturated rings. The number of rotatable bonds is 7. The summed E-state index contributed by atoms with van der Waals surface area (Å²) < 4.78 is 18.5. The molecule has 2 aromatic carbocycles. The van der Waals surface area contributed by atoms with E-state index in [2.05, 4.69) is 5.32 Å². The Morgan fingerprint density at radius 2 is 2.00 bits per heavy atom. The van der Waals surface area contributed by atoms with Crippen LogP contribution in [0, 0.1) is 5.82 Å². The van der Waals surface area contributed by atoms with Crippen LogP contribution in [0.15, 0.2) is 48.5 Å². The number of carbonyl (C=O) groups is 1. The van der Waals surface area contributed by atoms with Gasteiger partial charge in [-0.3, -0.25) is 9.69 Å². The highest BCUT2D eigenvalue weighted by atomic mass is 35.5. The lowest BCUT2D eigenvalue weighted by molar-refractivity contribution is -0.120. The summed E-state index contributed by atoms with van der Waals surface area (Å²) in [6.07, 6.45) is 0. The highest BCUT2D eigenvalue weighted by Crippen LogP contribution is 2.17. The summed E-state index contributed by atoms with van der Waals surface area (Å²) in [5, 5.41) is 3.38. The molecule has 0 aromatic heterocycles. The molecule has 24 heavy (non-hydrogen) atoms. The second kappa shape index (κ2) is 8.66. The molecule has 1 N–H and O–H groups in total. The lowest BCUT2D eigenvalue weighted by Gasteiger charge is -2.23. The van der Waals surface area contributed by atoms with Gasteiger partial charge in [0.15, 0.2) is 0 Å². The van der Waals surface area contributed by atoms with Crippen LogP contribution >= 0.6 is 11.6 Å². The van der Waals surface area contributed by atoms with E-state index in [1.54, 1.807) is 19.1 Å². The highest BCUT2D eigenvalue weighted by Gasteiger charge is 2.18. The largest absolute Gasteiger partial charge is 0.492 e. The van der Waals surface area contributed by atoms with Gasteiger partial charge in [0.25, 0.3) is 0 Å². The molecule has 0 bridgehead atoms. The van der Waals surface area contributed by atoms with Crippen LogP contribution in [-0.2, 0) is 4.79 Å². The smallest absolute Gasteiger partial charge is 0.241 e. The maximum absolute atomic E-state index is 12.9. The SMILES string of the molecule is CC(C(=O)Nc1ccc(F)cc1)N(C)CCOc1cccc(Cl)c1. The van der Waals surface area contributed by atoms with Crippen LogP contribution in [0.1, 0.15) is 6.92 Å². The Morgan fingerprint density at radius 1 is 1.29 bits per heavy atom. The predicted molar refractivity (Wildman–Crippen MR) is 94.1 cm³/mol. The normalized spacial score (nSPS) is 12.0. The van der Waals surface area contributed by atoms with E-state index >= 15 is 0 Å². The van der Waals surface area contributed by atoms with Crippen molar-refractivity contribution in [3.63, 3.8) is 0 Å². The Kier molecular flexibility index (Phi) is 6.58. The van der Waals surface area contributed by atoms with Gasteiger partial charge in [0.2, 0.25) is 5.91 Å². The van der Waals surface area contributed by atoms with Gasteiger partial charge >= 0.3 is 0 Å². The van der Waals surface area contributed by atoms with Gasteiger partial charge < -0.3 is 10.1 Å². The molecule has 0 saturated carbocycles. The summed E-state index contributed by atoms with van der Waals surface area (Å²) in [5.41, 5.74) is 0.567. The van der Waals surface area contributed by atoms with Crippen LogP contribution in [0.25, 0.3) is 0 Å². The van der Waals surface area contributed by atoms with Crippen LogP contribution in [-0.4, -0.2) is 37.0 Å². The Labute approximate surface area is 146 Å². The topological polar surface area (TPSA) is 41.6 Å². The van der Waals surface area contributed by atoms with Gasteiger partial charge in [-0.15, -0.1) is 0 Å². The minimum absolute atomic E-state index is 0.160. The lowest BCUT2D eigenvalue weighted by Crippen LogP contribution is -2.41. The number of benzene rings is 2. The number of nitrogens with zero attached hydrogens (tertiary/aromatic N) is 1. The molecule has 0 saturated heterocycles. The Balaban J connectivity index is 1.79. The number of anilines is 1. The second-order valence-electron chi connectivity index (χ2n) is 5.46. The molecule has 1 unspecified atom stereocenters. The maximum atomic E-state index is 12.9. The Morgan fingerprint density at radius 3 is 2.67 bits per heavy atom. The molecular formula is C18H20ClFN2O2. The fraction of sp³-hybridized carbons (Fsp3) is 0.278. The van der Waals surface area contributed by atoms with E-state index < -0.39 is 0 Å². The van der Waals surface area contributed by atoms with E-state index in [1.807, 2.05) is 24.1 Å². The molecule has 1 amide bonds. The van der Waals surface area contributed by atoms with E-state index in [-0.39, 0.29) is 17.8 Å². The minimum Gasteiger partial charge on any atom is -0.492 e. The quantitative estimate of drug-likeness (QED) is 0.825. The first-order valence-corrected chi connectivity index (χ1v) is 7.98. The van der Waals surface area contributed by atoms with Crippen molar-refractivity contribution in [3.8, 4) is 5.75 Å². The molecule has 1 atom stereocenters. The average molecular weight is 351 g/mol. The van der Waals surface area contributed by atoms with Gasteiger partial charge in [0.05, 0.1) is 6.04 Å². The van der Waals surface area contributed by atoms with Crippen LogP contribution in [0.4, 0.5) is 10.1 Å². The van der Waals surface area contributed by atoms with Crippen molar-refractivity contribution in [2.24, 2.45) is 0 Å². The first-order chi connectivity index (χ1) is 11.5. The molecule has 0 radical (unpaired) electrons. The van der Waals surface area contributed by atoms with Crippen LogP contribution in [0.3, 0.4) is 0 Å². The fourth-order valence-electron chi connectivity index (χ4n) is 2.04. The Bertz CT molecular complexity index is 679. The molecule has 0 aliphatic rings. The number of likely N-dealkylation sites (N-methyl/N-ethyl adjacent to an activating group) is 1. The van der Waals surface area contributed by atoms with Gasteiger partial charge in [0, 0.05) is 17.3 Å². The number of carbonyl (C=O) groups excluding carboxylic acids is 1. The monoisotopic (exact) mass is 350 g/mol.